The van der Waals surface area contributed by atoms with E-state index in [1.54, 1.807) is 6.07 Å². The monoisotopic (exact) mass is 588 g/mol. The summed E-state index contributed by atoms with van der Waals surface area (Å²) in [6.45, 7) is 2.10. The van der Waals surface area contributed by atoms with Gasteiger partial charge in [0.2, 0.25) is 5.76 Å². The van der Waals surface area contributed by atoms with Crippen LogP contribution < -0.4 is 14.8 Å². The molecule has 1 N–H and O–H groups in total. The van der Waals surface area contributed by atoms with E-state index in [-0.39, 0.29) is 35.4 Å². The Morgan fingerprint density at radius 3 is 2.68 bits per heavy atom. The minimum atomic E-state index is -0.661. The number of amides is 3. The van der Waals surface area contributed by atoms with Gasteiger partial charge in [-0.25, -0.2) is 9.59 Å². The van der Waals surface area contributed by atoms with Crippen molar-refractivity contribution in [1.82, 2.24) is 10.2 Å². The van der Waals surface area contributed by atoms with Crippen LogP contribution in [-0.2, 0) is 22.7 Å². The van der Waals surface area contributed by atoms with Crippen LogP contribution in [0.2, 0.25) is 5.02 Å². The molecule has 3 aromatic rings. The number of carbonyl (C=O) groups is 3. The van der Waals surface area contributed by atoms with Crippen molar-refractivity contribution in [2.75, 3.05) is 14.2 Å². The molecule has 2 aromatic carbocycles. The van der Waals surface area contributed by atoms with Crippen LogP contribution in [0, 0.1) is 6.92 Å². The van der Waals surface area contributed by atoms with E-state index < -0.39 is 17.9 Å². The highest BCUT2D eigenvalue weighted by atomic mass is 79.9. The molecule has 9 nitrogen and oxygen atoms in total. The first-order valence-electron chi connectivity index (χ1n) is 11.0. The number of rotatable bonds is 8. The zero-order chi connectivity index (χ0) is 26.7. The van der Waals surface area contributed by atoms with Crippen molar-refractivity contribution in [2.24, 2.45) is 0 Å². The van der Waals surface area contributed by atoms with Crippen molar-refractivity contribution in [3.63, 3.8) is 0 Å². The highest BCUT2D eigenvalue weighted by Gasteiger charge is 2.35. The molecule has 1 saturated heterocycles. The molecule has 37 heavy (non-hydrogen) atoms. The van der Waals surface area contributed by atoms with E-state index in [0.29, 0.717) is 21.5 Å². The fraction of sp³-hybridized carbons (Fsp3) is 0.192. The normalized spacial score (nSPS) is 14.2. The van der Waals surface area contributed by atoms with E-state index in [2.05, 4.69) is 26.0 Å². The van der Waals surface area contributed by atoms with Crippen LogP contribution >= 0.6 is 27.5 Å². The number of nitrogens with one attached hydrogen (secondary N) is 1. The molecule has 0 radical (unpaired) electrons. The highest BCUT2D eigenvalue weighted by Crippen LogP contribution is 2.43. The molecule has 0 bridgehead atoms. The smallest absolute Gasteiger partial charge is 0.373 e. The number of urea groups is 1. The zero-order valence-electron chi connectivity index (χ0n) is 20.1. The van der Waals surface area contributed by atoms with Gasteiger partial charge < -0.3 is 23.9 Å². The number of methoxy groups -OCH3 is 2. The van der Waals surface area contributed by atoms with E-state index in [9.17, 15) is 14.4 Å². The van der Waals surface area contributed by atoms with Crippen LogP contribution in [0.4, 0.5) is 4.79 Å². The number of nitrogens with zero attached hydrogens (tertiary/aromatic N) is 1. The first-order chi connectivity index (χ1) is 17.7. The molecule has 0 aliphatic carbocycles. The lowest BCUT2D eigenvalue weighted by Gasteiger charge is -2.15. The second-order valence-corrected chi connectivity index (χ2v) is 9.21. The predicted molar refractivity (Wildman–Crippen MR) is 138 cm³/mol. The minimum Gasteiger partial charge on any atom is -0.493 e. The van der Waals surface area contributed by atoms with Crippen molar-refractivity contribution in [2.45, 2.75) is 20.1 Å². The molecular weight excluding hydrogens is 568 g/mol. The summed E-state index contributed by atoms with van der Waals surface area (Å²) in [5.41, 5.74) is 2.59. The Hall–Kier alpha value is -3.76. The van der Waals surface area contributed by atoms with Gasteiger partial charge in [-0.05, 0) is 58.3 Å². The summed E-state index contributed by atoms with van der Waals surface area (Å²) in [4.78, 5) is 38.0. The number of halogens is 2. The van der Waals surface area contributed by atoms with Crippen molar-refractivity contribution in [1.29, 1.82) is 0 Å². The van der Waals surface area contributed by atoms with Crippen LogP contribution in [-0.4, -0.2) is 37.0 Å². The third-order valence-electron chi connectivity index (χ3n) is 5.47. The highest BCUT2D eigenvalue weighted by molar-refractivity contribution is 9.10. The molecule has 0 atom stereocenters. The van der Waals surface area contributed by atoms with Gasteiger partial charge in [0, 0.05) is 4.47 Å². The fourth-order valence-electron chi connectivity index (χ4n) is 3.65. The second-order valence-electron chi connectivity index (χ2n) is 8.04. The summed E-state index contributed by atoms with van der Waals surface area (Å²) in [5, 5.41) is 2.79. The van der Waals surface area contributed by atoms with Crippen molar-refractivity contribution in [3.8, 4) is 11.5 Å². The number of imide groups is 1. The first-order valence-corrected chi connectivity index (χ1v) is 12.1. The number of esters is 1. The molecule has 192 valence electrons. The van der Waals surface area contributed by atoms with Crippen molar-refractivity contribution in [3.05, 3.63) is 85.9 Å². The van der Waals surface area contributed by atoms with Gasteiger partial charge >= 0.3 is 12.0 Å². The van der Waals surface area contributed by atoms with Gasteiger partial charge in [0.25, 0.3) is 5.91 Å². The van der Waals surface area contributed by atoms with E-state index in [0.717, 1.165) is 16.0 Å². The Labute approximate surface area is 226 Å². The molecule has 1 aliphatic heterocycles. The lowest BCUT2D eigenvalue weighted by molar-refractivity contribution is -0.123. The number of furan rings is 1. The molecule has 1 aliphatic rings. The molecule has 0 spiro atoms. The number of hydrogen-bond donors (Lipinski definition) is 1. The minimum absolute atomic E-state index is 0.0250. The molecule has 0 saturated carbocycles. The standard InChI is InChI=1S/C26H22BrClN2O7/c1-14-5-4-6-15(9-14)13-36-23-20(34-2)11-16(21(27)22(23)28)10-18-24(31)30(26(33)29-18)12-17-7-8-19(37-17)25(32)35-3/h4-11H,12-13H2,1-3H3,(H,29,33)/b18-10-. The molecule has 1 aromatic heterocycles. The third kappa shape index (κ3) is 5.65. The van der Waals surface area contributed by atoms with E-state index >= 15 is 0 Å². The molecule has 2 heterocycles. The quantitative estimate of drug-likeness (QED) is 0.211. The van der Waals surface area contributed by atoms with E-state index in [1.165, 1.54) is 32.4 Å². The number of carbonyl (C=O) groups excluding carboxylic acids is 3. The maximum absolute atomic E-state index is 13.0. The number of benzene rings is 2. The van der Waals surface area contributed by atoms with Gasteiger partial charge in [-0.15, -0.1) is 0 Å². The van der Waals surface area contributed by atoms with Crippen LogP contribution in [0.5, 0.6) is 11.5 Å². The SMILES string of the molecule is COC(=O)c1ccc(CN2C(=O)N/C(=C\c3cc(OC)c(OCc4cccc(C)c4)c(Cl)c3Br)C2=O)o1. The molecule has 11 heteroatoms. The van der Waals surface area contributed by atoms with Gasteiger partial charge in [0.15, 0.2) is 11.5 Å². The fourth-order valence-corrected chi connectivity index (χ4v) is 4.32. The first kappa shape index (κ1) is 26.3. The van der Waals surface area contributed by atoms with Crippen molar-refractivity contribution >= 4 is 51.5 Å². The summed E-state index contributed by atoms with van der Waals surface area (Å²) in [5.74, 6) is -0.342. The predicted octanol–water partition coefficient (Wildman–Crippen LogP) is 5.47. The summed E-state index contributed by atoms with van der Waals surface area (Å²) in [6, 6.07) is 11.8. The molecule has 0 unspecified atom stereocenters. The third-order valence-corrected chi connectivity index (χ3v) is 6.91. The number of aryl methyl sites for hydroxylation is 1. The number of hydrogen-bond acceptors (Lipinski definition) is 7. The van der Waals surface area contributed by atoms with Crippen LogP contribution in [0.1, 0.15) is 33.0 Å². The summed E-state index contributed by atoms with van der Waals surface area (Å²) < 4.78 is 21.9. The molecule has 1 fully saturated rings. The summed E-state index contributed by atoms with van der Waals surface area (Å²) in [7, 11) is 2.70. The van der Waals surface area contributed by atoms with Gasteiger partial charge in [0.05, 0.1) is 20.8 Å². The van der Waals surface area contributed by atoms with E-state index in [4.69, 9.17) is 25.5 Å². The Morgan fingerprint density at radius 1 is 1.19 bits per heavy atom. The molecular formula is C26H22BrClN2O7. The van der Waals surface area contributed by atoms with Crippen molar-refractivity contribution < 1.29 is 33.0 Å². The van der Waals surface area contributed by atoms with Crippen LogP contribution in [0.15, 0.2) is 57.1 Å². The Kier molecular flexibility index (Phi) is 7.89. The molecule has 3 amide bonds. The average molecular weight is 590 g/mol. The largest absolute Gasteiger partial charge is 0.493 e. The van der Waals surface area contributed by atoms with Gasteiger partial charge in [0.1, 0.15) is 23.1 Å². The van der Waals surface area contributed by atoms with E-state index in [1.807, 2.05) is 31.2 Å². The van der Waals surface area contributed by atoms with Gasteiger partial charge in [-0.3, -0.25) is 9.69 Å². The zero-order valence-corrected chi connectivity index (χ0v) is 22.4. The Bertz CT molecular complexity index is 1420. The summed E-state index contributed by atoms with van der Waals surface area (Å²) >= 11 is 10.1. The van der Waals surface area contributed by atoms with Crippen LogP contribution in [0.25, 0.3) is 6.08 Å². The lowest BCUT2D eigenvalue weighted by atomic mass is 10.1. The average Bonchev–Trinajstić information content (AvgIpc) is 3.46. The molecule has 4 rings (SSSR count). The Balaban J connectivity index is 1.56. The second kappa shape index (κ2) is 11.1. The number of ether oxygens (including phenoxy) is 3. The maximum Gasteiger partial charge on any atom is 0.373 e. The maximum atomic E-state index is 13.0. The Morgan fingerprint density at radius 2 is 1.97 bits per heavy atom. The van der Waals surface area contributed by atoms with Gasteiger partial charge in [-0.1, -0.05) is 41.4 Å². The lowest BCUT2D eigenvalue weighted by Crippen LogP contribution is -2.30. The topological polar surface area (TPSA) is 107 Å². The van der Waals surface area contributed by atoms with Crippen LogP contribution in [0.3, 0.4) is 0 Å². The van der Waals surface area contributed by atoms with Gasteiger partial charge in [-0.2, -0.15) is 0 Å². The summed E-state index contributed by atoms with van der Waals surface area (Å²) in [6.07, 6.45) is 1.48.